The van der Waals surface area contributed by atoms with Crippen LogP contribution in [-0.4, -0.2) is 46.5 Å². The summed E-state index contributed by atoms with van der Waals surface area (Å²) in [6.07, 6.45) is 1.01. The van der Waals surface area contributed by atoms with Gasteiger partial charge in [0.2, 0.25) is 10.0 Å². The van der Waals surface area contributed by atoms with Crippen molar-refractivity contribution in [3.63, 3.8) is 0 Å². The SMILES string of the molecule is CCN(CC)CCCNc1ccc(S(=O)(=O)NC)cc1N. The lowest BCUT2D eigenvalue weighted by molar-refractivity contribution is 0.303. The molecule has 0 bridgehead atoms. The van der Waals surface area contributed by atoms with E-state index in [-0.39, 0.29) is 4.90 Å². The maximum absolute atomic E-state index is 11.7. The van der Waals surface area contributed by atoms with Gasteiger partial charge in [0.25, 0.3) is 0 Å². The number of sulfonamides is 1. The highest BCUT2D eigenvalue weighted by Crippen LogP contribution is 2.22. The summed E-state index contributed by atoms with van der Waals surface area (Å²) in [6, 6.07) is 4.73. The molecular weight excluding hydrogens is 288 g/mol. The van der Waals surface area contributed by atoms with Crippen molar-refractivity contribution in [2.75, 3.05) is 44.3 Å². The van der Waals surface area contributed by atoms with Crippen LogP contribution in [0.3, 0.4) is 0 Å². The molecule has 0 aliphatic carbocycles. The highest BCUT2D eigenvalue weighted by molar-refractivity contribution is 7.89. The van der Waals surface area contributed by atoms with Gasteiger partial charge in [-0.2, -0.15) is 0 Å². The molecular formula is C14H26N4O2S. The van der Waals surface area contributed by atoms with Crippen LogP contribution in [0.1, 0.15) is 20.3 Å². The number of nitrogens with one attached hydrogen (secondary N) is 2. The van der Waals surface area contributed by atoms with Crippen LogP contribution >= 0.6 is 0 Å². The molecule has 0 atom stereocenters. The number of hydrogen-bond acceptors (Lipinski definition) is 5. The van der Waals surface area contributed by atoms with Crippen molar-refractivity contribution in [2.24, 2.45) is 0 Å². The molecule has 1 aromatic carbocycles. The van der Waals surface area contributed by atoms with Crippen LogP contribution in [0.2, 0.25) is 0 Å². The highest BCUT2D eigenvalue weighted by atomic mass is 32.2. The van der Waals surface area contributed by atoms with Crippen LogP contribution in [0.4, 0.5) is 11.4 Å². The van der Waals surface area contributed by atoms with Gasteiger partial charge in [-0.1, -0.05) is 13.8 Å². The Labute approximate surface area is 127 Å². The van der Waals surface area contributed by atoms with E-state index in [0.717, 1.165) is 38.3 Å². The Hall–Kier alpha value is -1.31. The number of anilines is 2. The van der Waals surface area contributed by atoms with Gasteiger partial charge in [0.1, 0.15) is 0 Å². The fraction of sp³-hybridized carbons (Fsp3) is 0.571. The topological polar surface area (TPSA) is 87.5 Å². The van der Waals surface area contributed by atoms with Crippen LogP contribution in [0, 0.1) is 0 Å². The second-order valence-corrected chi connectivity index (χ2v) is 6.65. The number of benzene rings is 1. The number of rotatable bonds is 9. The van der Waals surface area contributed by atoms with Crippen molar-refractivity contribution in [3.8, 4) is 0 Å². The molecule has 0 fully saturated rings. The normalized spacial score (nSPS) is 11.8. The van der Waals surface area contributed by atoms with Crippen LogP contribution < -0.4 is 15.8 Å². The third-order valence-corrected chi connectivity index (χ3v) is 4.88. The molecule has 0 aliphatic rings. The molecule has 4 N–H and O–H groups in total. The monoisotopic (exact) mass is 314 g/mol. The van der Waals surface area contributed by atoms with Crippen LogP contribution in [0.15, 0.2) is 23.1 Å². The van der Waals surface area contributed by atoms with Gasteiger partial charge in [0.15, 0.2) is 0 Å². The molecule has 0 saturated carbocycles. The average Bonchev–Trinajstić information content (AvgIpc) is 2.48. The first-order valence-corrected chi connectivity index (χ1v) is 8.72. The van der Waals surface area contributed by atoms with Gasteiger partial charge in [-0.3, -0.25) is 0 Å². The lowest BCUT2D eigenvalue weighted by atomic mass is 10.2. The quantitative estimate of drug-likeness (QED) is 0.473. The lowest BCUT2D eigenvalue weighted by Gasteiger charge is -2.18. The van der Waals surface area contributed by atoms with E-state index in [1.54, 1.807) is 12.1 Å². The predicted octanol–water partition coefficient (Wildman–Crippen LogP) is 1.32. The minimum Gasteiger partial charge on any atom is -0.397 e. The van der Waals surface area contributed by atoms with E-state index >= 15 is 0 Å². The number of nitrogens with zero attached hydrogens (tertiary/aromatic N) is 1. The van der Waals surface area contributed by atoms with Crippen molar-refractivity contribution >= 4 is 21.4 Å². The van der Waals surface area contributed by atoms with Gasteiger partial charge in [0, 0.05) is 6.54 Å². The molecule has 0 saturated heterocycles. The van der Waals surface area contributed by atoms with E-state index in [4.69, 9.17) is 5.73 Å². The summed E-state index contributed by atoms with van der Waals surface area (Å²) in [6.45, 7) is 8.24. The smallest absolute Gasteiger partial charge is 0.240 e. The summed E-state index contributed by atoms with van der Waals surface area (Å²) in [5.74, 6) is 0. The number of hydrogen-bond donors (Lipinski definition) is 3. The molecule has 0 spiro atoms. The second-order valence-electron chi connectivity index (χ2n) is 4.76. The highest BCUT2D eigenvalue weighted by Gasteiger charge is 2.12. The van der Waals surface area contributed by atoms with E-state index in [1.807, 2.05) is 0 Å². The summed E-state index contributed by atoms with van der Waals surface area (Å²) in [5.41, 5.74) is 7.11. The predicted molar refractivity (Wildman–Crippen MR) is 88.0 cm³/mol. The molecule has 1 rings (SSSR count). The fourth-order valence-corrected chi connectivity index (χ4v) is 2.82. The van der Waals surface area contributed by atoms with Crippen molar-refractivity contribution in [2.45, 2.75) is 25.2 Å². The third-order valence-electron chi connectivity index (χ3n) is 3.46. The second kappa shape index (κ2) is 8.21. The van der Waals surface area contributed by atoms with Crippen LogP contribution in [0.5, 0.6) is 0 Å². The zero-order valence-electron chi connectivity index (χ0n) is 13.0. The van der Waals surface area contributed by atoms with Crippen molar-refractivity contribution in [1.82, 2.24) is 9.62 Å². The molecule has 120 valence electrons. The van der Waals surface area contributed by atoms with Gasteiger partial charge < -0.3 is 16.0 Å². The van der Waals surface area contributed by atoms with E-state index in [0.29, 0.717) is 5.69 Å². The molecule has 0 amide bonds. The third kappa shape index (κ3) is 5.18. The minimum atomic E-state index is -3.45. The van der Waals surface area contributed by atoms with Gasteiger partial charge in [-0.05, 0) is 51.3 Å². The molecule has 0 heterocycles. The van der Waals surface area contributed by atoms with E-state index in [1.165, 1.54) is 13.1 Å². The summed E-state index contributed by atoms with van der Waals surface area (Å²) in [4.78, 5) is 2.53. The zero-order chi connectivity index (χ0) is 15.9. The first-order valence-electron chi connectivity index (χ1n) is 7.23. The molecule has 1 aromatic rings. The molecule has 21 heavy (non-hydrogen) atoms. The average molecular weight is 314 g/mol. The van der Waals surface area contributed by atoms with Gasteiger partial charge in [-0.25, -0.2) is 13.1 Å². The van der Waals surface area contributed by atoms with Crippen molar-refractivity contribution in [3.05, 3.63) is 18.2 Å². The number of nitrogen functional groups attached to an aromatic ring is 1. The van der Waals surface area contributed by atoms with E-state index in [9.17, 15) is 8.42 Å². The maximum Gasteiger partial charge on any atom is 0.240 e. The fourth-order valence-electron chi connectivity index (χ4n) is 2.05. The molecule has 0 unspecified atom stereocenters. The largest absolute Gasteiger partial charge is 0.397 e. The Kier molecular flexibility index (Phi) is 6.94. The Balaban J connectivity index is 2.58. The minimum absolute atomic E-state index is 0.177. The Morgan fingerprint density at radius 1 is 1.24 bits per heavy atom. The standard InChI is InChI=1S/C14H26N4O2S/c1-4-18(5-2)10-6-9-17-14-8-7-12(11-13(14)15)21(19,20)16-3/h7-8,11,16-17H,4-6,9-10,15H2,1-3H3. The first kappa shape index (κ1) is 17.7. The molecule has 0 aromatic heterocycles. The van der Waals surface area contributed by atoms with Gasteiger partial charge in [-0.15, -0.1) is 0 Å². The Bertz CT molecular complexity index is 542. The van der Waals surface area contributed by atoms with Crippen molar-refractivity contribution < 1.29 is 8.42 Å². The Morgan fingerprint density at radius 2 is 1.90 bits per heavy atom. The number of nitrogens with two attached hydrogens (primary N) is 1. The van der Waals surface area contributed by atoms with Crippen LogP contribution in [0.25, 0.3) is 0 Å². The molecule has 0 radical (unpaired) electrons. The maximum atomic E-state index is 11.7. The Morgan fingerprint density at radius 3 is 2.43 bits per heavy atom. The summed E-state index contributed by atoms with van der Waals surface area (Å²) >= 11 is 0. The van der Waals surface area contributed by atoms with Gasteiger partial charge in [0.05, 0.1) is 16.3 Å². The lowest BCUT2D eigenvalue weighted by Crippen LogP contribution is -2.25. The van der Waals surface area contributed by atoms with Gasteiger partial charge >= 0.3 is 0 Å². The summed E-state index contributed by atoms with van der Waals surface area (Å²) in [7, 11) is -2.07. The first-order chi connectivity index (χ1) is 9.94. The van der Waals surface area contributed by atoms with E-state index in [2.05, 4.69) is 28.8 Å². The zero-order valence-corrected chi connectivity index (χ0v) is 13.8. The van der Waals surface area contributed by atoms with Crippen molar-refractivity contribution in [1.29, 1.82) is 0 Å². The molecule has 0 aliphatic heterocycles. The van der Waals surface area contributed by atoms with E-state index < -0.39 is 10.0 Å². The molecule has 7 heteroatoms. The van der Waals surface area contributed by atoms with Crippen LogP contribution in [-0.2, 0) is 10.0 Å². The summed E-state index contributed by atoms with van der Waals surface area (Å²) < 4.78 is 25.6. The summed E-state index contributed by atoms with van der Waals surface area (Å²) in [5, 5.41) is 3.25. The molecule has 6 nitrogen and oxygen atoms in total.